The van der Waals surface area contributed by atoms with Gasteiger partial charge in [0.1, 0.15) is 0 Å². The van der Waals surface area contributed by atoms with Crippen molar-refractivity contribution in [3.63, 3.8) is 0 Å². The molecule has 15 heavy (non-hydrogen) atoms. The molecule has 1 saturated heterocycles. The average Bonchev–Trinajstić information content (AvgIpc) is 2.73. The Balaban J connectivity index is 1.86. The number of hydrogen-bond donors (Lipinski definition) is 2. The van der Waals surface area contributed by atoms with E-state index in [1.165, 1.54) is 0 Å². The fourth-order valence-electron chi connectivity index (χ4n) is 1.49. The Morgan fingerprint density at radius 2 is 1.80 bits per heavy atom. The third-order valence-electron chi connectivity index (χ3n) is 2.52. The maximum absolute atomic E-state index is 10.6. The van der Waals surface area contributed by atoms with Gasteiger partial charge in [-0.1, -0.05) is 19.3 Å². The van der Waals surface area contributed by atoms with Crippen LogP contribution in [0.4, 0.5) is 0 Å². The summed E-state index contributed by atoms with van der Waals surface area (Å²) in [5.74, 6) is -1.05. The molecule has 86 valence electrons. The quantitative estimate of drug-likeness (QED) is 0.465. The number of nitrogens with two attached hydrogens (primary N) is 1. The van der Waals surface area contributed by atoms with Crippen molar-refractivity contribution >= 4 is 11.9 Å². The summed E-state index contributed by atoms with van der Waals surface area (Å²) in [6.07, 6.45) is 5.26. The molecule has 0 aromatic rings. The molecule has 0 aliphatic carbocycles. The van der Waals surface area contributed by atoms with Crippen LogP contribution >= 0.6 is 0 Å². The molecule has 0 amide bonds. The molecule has 1 aliphatic heterocycles. The minimum absolute atomic E-state index is 0.239. The average molecular weight is 215 g/mol. The topological polar surface area (TPSA) is 92.9 Å². The summed E-state index contributed by atoms with van der Waals surface area (Å²) in [6.45, 7) is 0. The van der Waals surface area contributed by atoms with Crippen LogP contribution in [-0.4, -0.2) is 22.8 Å². The summed E-state index contributed by atoms with van der Waals surface area (Å²) < 4.78 is 4.62. The second-order valence-electron chi connectivity index (χ2n) is 3.94. The van der Waals surface area contributed by atoms with Crippen molar-refractivity contribution in [2.75, 3.05) is 0 Å². The number of epoxide rings is 1. The highest BCUT2D eigenvalue weighted by Crippen LogP contribution is 2.28. The van der Waals surface area contributed by atoms with Gasteiger partial charge in [0, 0.05) is 12.8 Å². The lowest BCUT2D eigenvalue weighted by Gasteiger charge is -2.01. The van der Waals surface area contributed by atoms with Crippen LogP contribution < -0.4 is 5.73 Å². The summed E-state index contributed by atoms with van der Waals surface area (Å²) in [4.78, 5) is 20.8. The van der Waals surface area contributed by atoms with Crippen molar-refractivity contribution in [1.29, 1.82) is 0 Å². The number of carboxylic acids is 1. The molecule has 1 fully saturated rings. The lowest BCUT2D eigenvalue weighted by atomic mass is 10.1. The Morgan fingerprint density at radius 1 is 1.27 bits per heavy atom. The maximum Gasteiger partial charge on any atom is 0.368 e. The normalized spacial score (nSPS) is 23.7. The fourth-order valence-corrected chi connectivity index (χ4v) is 1.49. The molecular weight excluding hydrogens is 198 g/mol. The molecule has 1 atom stereocenters. The Morgan fingerprint density at radius 3 is 2.33 bits per heavy atom. The van der Waals surface area contributed by atoms with Gasteiger partial charge in [0.15, 0.2) is 0 Å². The first-order valence-electron chi connectivity index (χ1n) is 5.29. The van der Waals surface area contributed by atoms with Crippen LogP contribution in [-0.2, 0) is 14.3 Å². The Bertz CT molecular complexity index is 254. The molecule has 5 heteroatoms. The summed E-state index contributed by atoms with van der Waals surface area (Å²) in [7, 11) is 0. The van der Waals surface area contributed by atoms with Crippen LogP contribution in [0.25, 0.3) is 0 Å². The molecule has 3 N–H and O–H groups in total. The monoisotopic (exact) mass is 215 g/mol. The van der Waals surface area contributed by atoms with Gasteiger partial charge < -0.3 is 9.84 Å². The first-order chi connectivity index (χ1) is 7.04. The number of cyclic esters (lactones) is 1. The van der Waals surface area contributed by atoms with Gasteiger partial charge in [-0.05, 0) is 12.8 Å². The number of aliphatic carboxylic acids is 1. The zero-order valence-corrected chi connectivity index (χ0v) is 8.70. The van der Waals surface area contributed by atoms with E-state index in [4.69, 9.17) is 10.8 Å². The first-order valence-corrected chi connectivity index (χ1v) is 5.29. The number of carboxylic acid groups (broad SMARTS) is 1. The largest absolute Gasteiger partial charge is 0.481 e. The molecule has 1 heterocycles. The van der Waals surface area contributed by atoms with Crippen molar-refractivity contribution in [3.8, 4) is 0 Å². The van der Waals surface area contributed by atoms with Crippen LogP contribution in [0, 0.1) is 0 Å². The molecular formula is C10H17NO4. The highest BCUT2D eigenvalue weighted by molar-refractivity contribution is 5.91. The fraction of sp³-hybridized carbons (Fsp3) is 0.800. The highest BCUT2D eigenvalue weighted by atomic mass is 16.7. The van der Waals surface area contributed by atoms with Crippen LogP contribution in [0.5, 0.6) is 0 Å². The first kappa shape index (κ1) is 12.0. The van der Waals surface area contributed by atoms with Crippen LogP contribution in [0.2, 0.25) is 0 Å². The molecule has 1 rings (SSSR count). The zero-order valence-electron chi connectivity index (χ0n) is 8.70. The lowest BCUT2D eigenvalue weighted by Crippen LogP contribution is -2.25. The van der Waals surface area contributed by atoms with Gasteiger partial charge >= 0.3 is 11.9 Å². The van der Waals surface area contributed by atoms with Crippen molar-refractivity contribution in [1.82, 2.24) is 0 Å². The number of unbranched alkanes of at least 4 members (excludes halogenated alkanes) is 4. The number of carbonyl (C=O) groups excluding carboxylic acids is 1. The molecule has 0 spiro atoms. The van der Waals surface area contributed by atoms with E-state index < -0.39 is 11.7 Å². The van der Waals surface area contributed by atoms with E-state index in [-0.39, 0.29) is 12.4 Å². The summed E-state index contributed by atoms with van der Waals surface area (Å²) in [5, 5.41) is 8.39. The molecule has 0 aromatic carbocycles. The predicted octanol–water partition coefficient (Wildman–Crippen LogP) is 1.01. The van der Waals surface area contributed by atoms with Gasteiger partial charge in [0.05, 0.1) is 0 Å². The van der Waals surface area contributed by atoms with Gasteiger partial charge in [0.25, 0.3) is 5.72 Å². The third kappa shape index (κ3) is 4.29. The maximum atomic E-state index is 10.6. The van der Waals surface area contributed by atoms with Gasteiger partial charge in [-0.2, -0.15) is 0 Å². The molecule has 1 aliphatic rings. The van der Waals surface area contributed by atoms with Gasteiger partial charge in [-0.3, -0.25) is 10.5 Å². The summed E-state index contributed by atoms with van der Waals surface area (Å²) >= 11 is 0. The van der Waals surface area contributed by atoms with Gasteiger partial charge in [0.2, 0.25) is 0 Å². The molecule has 0 saturated carbocycles. The van der Waals surface area contributed by atoms with Crippen LogP contribution in [0.3, 0.4) is 0 Å². The molecule has 0 aromatic heterocycles. The summed E-state index contributed by atoms with van der Waals surface area (Å²) in [6, 6.07) is 0. The minimum Gasteiger partial charge on any atom is -0.481 e. The number of rotatable bonds is 8. The van der Waals surface area contributed by atoms with Crippen molar-refractivity contribution < 1.29 is 19.4 Å². The van der Waals surface area contributed by atoms with Crippen molar-refractivity contribution in [3.05, 3.63) is 0 Å². The second-order valence-corrected chi connectivity index (χ2v) is 3.94. The molecule has 1 unspecified atom stereocenters. The van der Waals surface area contributed by atoms with Gasteiger partial charge in [-0.25, -0.2) is 4.79 Å². The standard InChI is InChI=1S/C10H17NO4/c11-10(9(14)15-10)7-5-3-1-2-4-6-8(12)13/h1-7,11H2,(H,12,13). The van der Waals surface area contributed by atoms with E-state index >= 15 is 0 Å². The Hall–Kier alpha value is -1.10. The van der Waals surface area contributed by atoms with E-state index in [0.29, 0.717) is 6.42 Å². The second kappa shape index (κ2) is 5.11. The third-order valence-corrected chi connectivity index (χ3v) is 2.52. The number of carbonyl (C=O) groups is 2. The van der Waals surface area contributed by atoms with E-state index in [2.05, 4.69) is 4.74 Å². The number of hydrogen-bond acceptors (Lipinski definition) is 4. The Kier molecular flexibility index (Phi) is 4.08. The molecule has 0 bridgehead atoms. The van der Waals surface area contributed by atoms with Crippen molar-refractivity contribution in [2.45, 2.75) is 50.7 Å². The van der Waals surface area contributed by atoms with Crippen LogP contribution in [0.1, 0.15) is 44.9 Å². The molecule has 0 radical (unpaired) electrons. The van der Waals surface area contributed by atoms with E-state index in [9.17, 15) is 9.59 Å². The van der Waals surface area contributed by atoms with Crippen molar-refractivity contribution in [2.24, 2.45) is 5.73 Å². The van der Waals surface area contributed by atoms with Gasteiger partial charge in [-0.15, -0.1) is 0 Å². The van der Waals surface area contributed by atoms with E-state index in [1.807, 2.05) is 0 Å². The SMILES string of the molecule is NC1(CCCCCCCC(=O)O)OC1=O. The highest BCUT2D eigenvalue weighted by Gasteiger charge is 2.53. The lowest BCUT2D eigenvalue weighted by molar-refractivity contribution is -0.137. The van der Waals surface area contributed by atoms with E-state index in [1.54, 1.807) is 0 Å². The number of ether oxygens (including phenoxy) is 1. The molecule has 5 nitrogen and oxygen atoms in total. The van der Waals surface area contributed by atoms with E-state index in [0.717, 1.165) is 32.1 Å². The Labute approximate surface area is 88.6 Å². The minimum atomic E-state index is -0.985. The summed E-state index contributed by atoms with van der Waals surface area (Å²) in [5.41, 5.74) is 4.54. The zero-order chi connectivity index (χ0) is 11.3. The van der Waals surface area contributed by atoms with Crippen LogP contribution in [0.15, 0.2) is 0 Å². The smallest absolute Gasteiger partial charge is 0.368 e. The predicted molar refractivity (Wildman–Crippen MR) is 53.0 cm³/mol.